The maximum atomic E-state index is 13.0. The van der Waals surface area contributed by atoms with Crippen molar-refractivity contribution in [3.8, 4) is 0 Å². The van der Waals surface area contributed by atoms with Crippen LogP contribution in [0.5, 0.6) is 0 Å². The number of halogens is 1. The molecule has 0 saturated carbocycles. The average molecular weight is 340 g/mol. The van der Waals surface area contributed by atoms with Gasteiger partial charge in [0.25, 0.3) is 0 Å². The van der Waals surface area contributed by atoms with Crippen molar-refractivity contribution in [2.75, 3.05) is 19.3 Å². The molecule has 7 heteroatoms. The molecule has 2 rings (SSSR count). The molecule has 0 spiro atoms. The van der Waals surface area contributed by atoms with Gasteiger partial charge in [-0.15, -0.1) is 0 Å². The van der Waals surface area contributed by atoms with Gasteiger partial charge in [-0.2, -0.15) is 0 Å². The molecule has 1 aliphatic heterocycles. The maximum Gasteiger partial charge on any atom is 0.327 e. The van der Waals surface area contributed by atoms with E-state index < -0.39 is 17.0 Å². The maximum absolute atomic E-state index is 13.0. The van der Waals surface area contributed by atoms with Crippen LogP contribution in [0, 0.1) is 0 Å². The topological polar surface area (TPSA) is 57.7 Å². The summed E-state index contributed by atoms with van der Waals surface area (Å²) in [4.78, 5) is 27.8. The molecular formula is C16H21FN2O3S. The van der Waals surface area contributed by atoms with Crippen molar-refractivity contribution in [2.45, 2.75) is 37.4 Å². The van der Waals surface area contributed by atoms with Gasteiger partial charge in [0, 0.05) is 41.5 Å². The first kappa shape index (κ1) is 17.6. The Morgan fingerprint density at radius 1 is 1.26 bits per heavy atom. The predicted molar refractivity (Wildman–Crippen MR) is 86.1 cm³/mol. The van der Waals surface area contributed by atoms with Crippen molar-refractivity contribution in [1.82, 2.24) is 9.80 Å². The third-order valence-electron chi connectivity index (χ3n) is 3.79. The normalized spacial score (nSPS) is 18.2. The van der Waals surface area contributed by atoms with E-state index in [9.17, 15) is 18.2 Å². The highest BCUT2D eigenvalue weighted by atomic mass is 32.2. The molecule has 5 nitrogen and oxygen atoms in total. The third-order valence-corrected chi connectivity index (χ3v) is 4.73. The standard InChI is InChI=1S/C16H21FN2O3S/c1-12(17)7-9-18-10-8-15(20)19(16(18)21)11-13-3-5-14(6-4-13)23(2)22/h3-6,12H,7-11H2,1-2H3/t12-,23?/m0/s1. The van der Waals surface area contributed by atoms with E-state index in [1.54, 1.807) is 30.5 Å². The third kappa shape index (κ3) is 4.60. The van der Waals surface area contributed by atoms with Crippen LogP contribution in [0.15, 0.2) is 29.2 Å². The number of imide groups is 1. The minimum atomic E-state index is -1.06. The van der Waals surface area contributed by atoms with Crippen molar-refractivity contribution >= 4 is 22.7 Å². The van der Waals surface area contributed by atoms with Crippen molar-refractivity contribution in [3.63, 3.8) is 0 Å². The van der Waals surface area contributed by atoms with Crippen LogP contribution in [0.2, 0.25) is 0 Å². The monoisotopic (exact) mass is 340 g/mol. The number of amides is 3. The van der Waals surface area contributed by atoms with Crippen LogP contribution in [0.25, 0.3) is 0 Å². The number of carbonyl (C=O) groups is 2. The number of hydrogen-bond acceptors (Lipinski definition) is 3. The number of nitrogens with zero attached hydrogens (tertiary/aromatic N) is 2. The van der Waals surface area contributed by atoms with Crippen LogP contribution in [-0.4, -0.2) is 51.5 Å². The molecule has 0 bridgehead atoms. The van der Waals surface area contributed by atoms with Crippen molar-refractivity contribution in [1.29, 1.82) is 0 Å². The van der Waals surface area contributed by atoms with Gasteiger partial charge in [0.05, 0.1) is 12.7 Å². The van der Waals surface area contributed by atoms with Gasteiger partial charge in [-0.3, -0.25) is 13.9 Å². The smallest absolute Gasteiger partial charge is 0.324 e. The van der Waals surface area contributed by atoms with Crippen LogP contribution in [0.3, 0.4) is 0 Å². The Bertz CT molecular complexity index is 604. The Hall–Kier alpha value is -1.76. The molecule has 3 amide bonds. The number of hydrogen-bond donors (Lipinski definition) is 0. The van der Waals surface area contributed by atoms with Gasteiger partial charge in [0.1, 0.15) is 0 Å². The van der Waals surface area contributed by atoms with E-state index in [2.05, 4.69) is 0 Å². The fourth-order valence-electron chi connectivity index (χ4n) is 2.40. The van der Waals surface area contributed by atoms with E-state index in [-0.39, 0.29) is 31.3 Å². The number of benzene rings is 1. The molecule has 126 valence electrons. The molecule has 0 radical (unpaired) electrons. The largest absolute Gasteiger partial charge is 0.327 e. The second kappa shape index (κ2) is 7.68. The van der Waals surface area contributed by atoms with Crippen LogP contribution in [0.1, 0.15) is 25.3 Å². The van der Waals surface area contributed by atoms with E-state index in [0.717, 1.165) is 5.56 Å². The Morgan fingerprint density at radius 2 is 1.91 bits per heavy atom. The van der Waals surface area contributed by atoms with E-state index in [4.69, 9.17) is 0 Å². The second-order valence-electron chi connectivity index (χ2n) is 5.67. The summed E-state index contributed by atoms with van der Waals surface area (Å²) in [6.45, 7) is 2.29. The van der Waals surface area contributed by atoms with Gasteiger partial charge in [-0.05, 0) is 31.0 Å². The lowest BCUT2D eigenvalue weighted by Crippen LogP contribution is -2.52. The lowest BCUT2D eigenvalue weighted by molar-refractivity contribution is -0.131. The summed E-state index contributed by atoms with van der Waals surface area (Å²) in [5.74, 6) is -0.220. The zero-order valence-electron chi connectivity index (χ0n) is 13.3. The molecule has 1 aromatic carbocycles. The first-order chi connectivity index (χ1) is 10.9. The van der Waals surface area contributed by atoms with Crippen molar-refractivity contribution < 1.29 is 18.2 Å². The number of alkyl halides is 1. The number of carbonyl (C=O) groups excluding carboxylic acids is 2. The Kier molecular flexibility index (Phi) is 5.87. The highest BCUT2D eigenvalue weighted by molar-refractivity contribution is 7.84. The fourth-order valence-corrected chi connectivity index (χ4v) is 2.92. The highest BCUT2D eigenvalue weighted by Gasteiger charge is 2.31. The molecule has 0 N–H and O–H groups in total. The Balaban J connectivity index is 2.05. The number of rotatable bonds is 6. The van der Waals surface area contributed by atoms with E-state index in [1.807, 2.05) is 0 Å². The second-order valence-corrected chi connectivity index (χ2v) is 7.05. The minimum absolute atomic E-state index is 0.177. The SMILES string of the molecule is C[C@H](F)CCN1CCC(=O)N(Cc2ccc(S(C)=O)cc2)C1=O. The summed E-state index contributed by atoms with van der Waals surface area (Å²) in [6, 6.07) is 6.62. The van der Waals surface area contributed by atoms with Gasteiger partial charge in [0.2, 0.25) is 5.91 Å². The zero-order valence-corrected chi connectivity index (χ0v) is 14.1. The van der Waals surface area contributed by atoms with Gasteiger partial charge >= 0.3 is 6.03 Å². The van der Waals surface area contributed by atoms with Gasteiger partial charge in [-0.1, -0.05) is 12.1 Å². The number of urea groups is 1. The summed E-state index contributed by atoms with van der Waals surface area (Å²) in [5.41, 5.74) is 0.793. The van der Waals surface area contributed by atoms with E-state index in [1.165, 1.54) is 16.7 Å². The van der Waals surface area contributed by atoms with Crippen LogP contribution < -0.4 is 0 Å². The molecule has 1 unspecified atom stereocenters. The summed E-state index contributed by atoms with van der Waals surface area (Å²) in [6.07, 6.45) is 1.14. The molecule has 0 aromatic heterocycles. The Labute approximate surface area is 137 Å². The quantitative estimate of drug-likeness (QED) is 0.798. The van der Waals surface area contributed by atoms with E-state index >= 15 is 0 Å². The lowest BCUT2D eigenvalue weighted by Gasteiger charge is -2.34. The summed E-state index contributed by atoms with van der Waals surface area (Å²) < 4.78 is 24.3. The van der Waals surface area contributed by atoms with Crippen LogP contribution in [-0.2, 0) is 22.1 Å². The summed E-state index contributed by atoms with van der Waals surface area (Å²) >= 11 is 0. The summed E-state index contributed by atoms with van der Waals surface area (Å²) in [5, 5.41) is 0. The molecular weight excluding hydrogens is 319 g/mol. The van der Waals surface area contributed by atoms with Crippen LogP contribution >= 0.6 is 0 Å². The van der Waals surface area contributed by atoms with Crippen molar-refractivity contribution in [2.24, 2.45) is 0 Å². The molecule has 1 heterocycles. The first-order valence-corrected chi connectivity index (χ1v) is 9.10. The average Bonchev–Trinajstić information content (AvgIpc) is 2.51. The fraction of sp³-hybridized carbons (Fsp3) is 0.500. The molecule has 1 saturated heterocycles. The molecule has 2 atom stereocenters. The first-order valence-electron chi connectivity index (χ1n) is 7.54. The van der Waals surface area contributed by atoms with Crippen LogP contribution in [0.4, 0.5) is 9.18 Å². The summed E-state index contributed by atoms with van der Waals surface area (Å²) in [7, 11) is -1.06. The molecule has 1 fully saturated rings. The molecule has 0 aliphatic carbocycles. The predicted octanol–water partition coefficient (Wildman–Crippen LogP) is 2.33. The van der Waals surface area contributed by atoms with E-state index in [0.29, 0.717) is 18.0 Å². The van der Waals surface area contributed by atoms with Crippen molar-refractivity contribution in [3.05, 3.63) is 29.8 Å². The zero-order chi connectivity index (χ0) is 17.0. The molecule has 1 aliphatic rings. The molecule has 23 heavy (non-hydrogen) atoms. The van der Waals surface area contributed by atoms with Gasteiger partial charge in [0.15, 0.2) is 0 Å². The van der Waals surface area contributed by atoms with Gasteiger partial charge < -0.3 is 4.90 Å². The lowest BCUT2D eigenvalue weighted by atomic mass is 10.2. The highest BCUT2D eigenvalue weighted by Crippen LogP contribution is 2.17. The van der Waals surface area contributed by atoms with Gasteiger partial charge in [-0.25, -0.2) is 9.18 Å². The molecule has 1 aromatic rings. The Morgan fingerprint density at radius 3 is 2.48 bits per heavy atom. The minimum Gasteiger partial charge on any atom is -0.324 e.